The average Bonchev–Trinajstić information content (AvgIpc) is 2.97. The summed E-state index contributed by atoms with van der Waals surface area (Å²) in [7, 11) is -3.32. The number of carboxylic acids is 1. The maximum atomic E-state index is 14.3. The van der Waals surface area contributed by atoms with Crippen LogP contribution in [0.25, 0.3) is 0 Å². The highest BCUT2D eigenvalue weighted by Gasteiger charge is 2.50. The lowest BCUT2D eigenvalue weighted by molar-refractivity contribution is -0.138. The van der Waals surface area contributed by atoms with Crippen molar-refractivity contribution in [2.24, 2.45) is 4.99 Å². The number of sulfone groups is 1. The van der Waals surface area contributed by atoms with Gasteiger partial charge in [-0.3, -0.25) is 9.59 Å². The quantitative estimate of drug-likeness (QED) is 0.810. The molecule has 2 aliphatic heterocycles. The first-order valence-corrected chi connectivity index (χ1v) is 10.3. The Labute approximate surface area is 152 Å². The highest BCUT2D eigenvalue weighted by molar-refractivity contribution is 8.16. The molecule has 11 heteroatoms. The van der Waals surface area contributed by atoms with Crippen LogP contribution in [0.3, 0.4) is 0 Å². The zero-order valence-corrected chi connectivity index (χ0v) is 14.9. The Hall–Kier alpha value is -2.01. The van der Waals surface area contributed by atoms with Gasteiger partial charge in [-0.2, -0.15) is 4.99 Å². The summed E-state index contributed by atoms with van der Waals surface area (Å²) in [5.74, 6) is -3.91. The number of amides is 1. The second-order valence-corrected chi connectivity index (χ2v) is 9.31. The Morgan fingerprint density at radius 2 is 2.00 bits per heavy atom. The van der Waals surface area contributed by atoms with Crippen molar-refractivity contribution < 1.29 is 31.9 Å². The lowest BCUT2D eigenvalue weighted by Gasteiger charge is -2.24. The third kappa shape index (κ3) is 3.88. The Morgan fingerprint density at radius 1 is 1.27 bits per heavy atom. The lowest BCUT2D eigenvalue weighted by Crippen LogP contribution is -2.38. The molecule has 0 aliphatic carbocycles. The van der Waals surface area contributed by atoms with E-state index < -0.39 is 51.1 Å². The Kier molecular flexibility index (Phi) is 5.02. The smallest absolute Gasteiger partial charge is 0.303 e. The van der Waals surface area contributed by atoms with Gasteiger partial charge in [0.15, 0.2) is 15.0 Å². The normalized spacial score (nSPS) is 25.5. The van der Waals surface area contributed by atoms with Crippen LogP contribution in [0.4, 0.5) is 14.5 Å². The van der Waals surface area contributed by atoms with Gasteiger partial charge in [0.25, 0.3) is 0 Å². The third-order valence-electron chi connectivity index (χ3n) is 4.01. The monoisotopic (exact) mass is 404 g/mol. The fourth-order valence-electron chi connectivity index (χ4n) is 2.90. The molecular weight excluding hydrogens is 390 g/mol. The Bertz CT molecular complexity index is 903. The summed E-state index contributed by atoms with van der Waals surface area (Å²) < 4.78 is 51.3. The number of aliphatic carboxylic acids is 1. The van der Waals surface area contributed by atoms with E-state index >= 15 is 0 Å². The first-order valence-electron chi connectivity index (χ1n) is 7.61. The minimum Gasteiger partial charge on any atom is -0.481 e. The van der Waals surface area contributed by atoms with E-state index in [1.165, 1.54) is 4.90 Å². The molecule has 2 heterocycles. The highest BCUT2D eigenvalue weighted by Crippen LogP contribution is 2.41. The number of aliphatic imine (C=N–C) groups is 1. The molecule has 1 aromatic carbocycles. The highest BCUT2D eigenvalue weighted by atomic mass is 32.2. The number of fused-ring (bicyclic) bond motifs is 1. The van der Waals surface area contributed by atoms with Crippen LogP contribution in [0.5, 0.6) is 0 Å². The van der Waals surface area contributed by atoms with Crippen molar-refractivity contribution in [1.29, 1.82) is 0 Å². The second kappa shape index (κ2) is 6.95. The van der Waals surface area contributed by atoms with Crippen molar-refractivity contribution >= 4 is 44.3 Å². The van der Waals surface area contributed by atoms with Crippen LogP contribution in [0, 0.1) is 11.6 Å². The molecule has 0 unspecified atom stereocenters. The fraction of sp³-hybridized carbons (Fsp3) is 0.400. The minimum absolute atomic E-state index is 0.0757. The van der Waals surface area contributed by atoms with E-state index in [9.17, 15) is 26.8 Å². The Balaban J connectivity index is 1.96. The molecular formula is C15H14F2N2O5S2. The zero-order valence-electron chi connectivity index (χ0n) is 13.3. The molecule has 1 amide bonds. The van der Waals surface area contributed by atoms with Crippen molar-refractivity contribution in [3.8, 4) is 0 Å². The number of rotatable bonds is 4. The van der Waals surface area contributed by atoms with E-state index in [0.717, 1.165) is 23.9 Å². The SMILES string of the molecule is O=C(O)CCC(=O)N=C1S[C@@H]2CS(=O)(=O)C[C@@H]2N1c1ccc(F)cc1F. The molecule has 0 spiro atoms. The van der Waals surface area contributed by atoms with Crippen molar-refractivity contribution in [3.05, 3.63) is 29.8 Å². The molecule has 26 heavy (non-hydrogen) atoms. The molecule has 2 fully saturated rings. The number of anilines is 1. The van der Waals surface area contributed by atoms with Gasteiger partial charge in [-0.05, 0) is 12.1 Å². The van der Waals surface area contributed by atoms with E-state index in [2.05, 4.69) is 4.99 Å². The summed E-state index contributed by atoms with van der Waals surface area (Å²) >= 11 is 1.03. The van der Waals surface area contributed by atoms with Gasteiger partial charge in [0.2, 0.25) is 5.91 Å². The molecule has 7 nitrogen and oxygen atoms in total. The van der Waals surface area contributed by atoms with Crippen LogP contribution in [-0.4, -0.2) is 53.4 Å². The molecule has 3 rings (SSSR count). The molecule has 2 saturated heterocycles. The largest absolute Gasteiger partial charge is 0.481 e. The van der Waals surface area contributed by atoms with Gasteiger partial charge in [-0.1, -0.05) is 11.8 Å². The summed E-state index contributed by atoms with van der Waals surface area (Å²) in [4.78, 5) is 27.6. The molecule has 2 atom stereocenters. The number of hydrogen-bond acceptors (Lipinski definition) is 5. The minimum atomic E-state index is -3.32. The summed E-state index contributed by atoms with van der Waals surface area (Å²) in [5.41, 5.74) is -0.0757. The number of carbonyl (C=O) groups is 2. The molecule has 2 aliphatic rings. The number of nitrogens with zero attached hydrogens (tertiary/aromatic N) is 2. The summed E-state index contributed by atoms with van der Waals surface area (Å²) in [5, 5.41) is 8.30. The number of benzene rings is 1. The lowest BCUT2D eigenvalue weighted by atomic mass is 10.2. The second-order valence-electron chi connectivity index (χ2n) is 5.95. The van der Waals surface area contributed by atoms with E-state index in [0.29, 0.717) is 6.07 Å². The van der Waals surface area contributed by atoms with E-state index in [4.69, 9.17) is 5.11 Å². The van der Waals surface area contributed by atoms with Gasteiger partial charge < -0.3 is 10.0 Å². The molecule has 0 bridgehead atoms. The number of carbonyl (C=O) groups excluding carboxylic acids is 1. The molecule has 1 N–H and O–H groups in total. The topological polar surface area (TPSA) is 104 Å². The maximum absolute atomic E-state index is 14.3. The van der Waals surface area contributed by atoms with Crippen LogP contribution in [-0.2, 0) is 19.4 Å². The van der Waals surface area contributed by atoms with Gasteiger partial charge in [-0.25, -0.2) is 17.2 Å². The van der Waals surface area contributed by atoms with Gasteiger partial charge in [0, 0.05) is 17.7 Å². The maximum Gasteiger partial charge on any atom is 0.303 e. The number of halogens is 2. The number of amidine groups is 1. The van der Waals surface area contributed by atoms with Crippen LogP contribution in [0.1, 0.15) is 12.8 Å². The summed E-state index contributed by atoms with van der Waals surface area (Å²) in [6, 6.07) is 2.23. The van der Waals surface area contributed by atoms with Gasteiger partial charge in [0.05, 0.1) is 29.7 Å². The van der Waals surface area contributed by atoms with E-state index in [-0.39, 0.29) is 28.8 Å². The van der Waals surface area contributed by atoms with Crippen LogP contribution in [0.2, 0.25) is 0 Å². The predicted molar refractivity (Wildman–Crippen MR) is 92.0 cm³/mol. The van der Waals surface area contributed by atoms with Gasteiger partial charge in [0.1, 0.15) is 11.6 Å². The number of hydrogen-bond donors (Lipinski definition) is 1. The van der Waals surface area contributed by atoms with Crippen LogP contribution < -0.4 is 4.90 Å². The molecule has 0 radical (unpaired) electrons. The van der Waals surface area contributed by atoms with E-state index in [1.807, 2.05) is 0 Å². The number of thioether (sulfide) groups is 1. The summed E-state index contributed by atoms with van der Waals surface area (Å²) in [6.07, 6.45) is -0.723. The van der Waals surface area contributed by atoms with Gasteiger partial charge in [-0.15, -0.1) is 0 Å². The van der Waals surface area contributed by atoms with Gasteiger partial charge >= 0.3 is 5.97 Å². The molecule has 0 aromatic heterocycles. The molecule has 0 saturated carbocycles. The average molecular weight is 404 g/mol. The summed E-state index contributed by atoms with van der Waals surface area (Å²) in [6.45, 7) is 0. The first kappa shape index (κ1) is 18.8. The van der Waals surface area contributed by atoms with Crippen LogP contribution in [0.15, 0.2) is 23.2 Å². The molecule has 140 valence electrons. The van der Waals surface area contributed by atoms with Crippen molar-refractivity contribution in [1.82, 2.24) is 0 Å². The number of carboxylic acid groups (broad SMARTS) is 1. The standard InChI is InChI=1S/C15H14F2N2O5S2/c16-8-1-2-10(9(17)5-8)19-11-6-26(23,24)7-12(11)25-15(19)18-13(20)3-4-14(21)22/h1-2,5,11-12H,3-4,6-7H2,(H,21,22)/t11-,12+/m0/s1. The van der Waals surface area contributed by atoms with Crippen molar-refractivity contribution in [2.45, 2.75) is 24.1 Å². The fourth-order valence-corrected chi connectivity index (χ4v) is 6.82. The Morgan fingerprint density at radius 3 is 2.65 bits per heavy atom. The molecule has 1 aromatic rings. The van der Waals surface area contributed by atoms with Crippen molar-refractivity contribution in [3.63, 3.8) is 0 Å². The third-order valence-corrected chi connectivity index (χ3v) is 7.22. The van der Waals surface area contributed by atoms with E-state index in [1.54, 1.807) is 0 Å². The van der Waals surface area contributed by atoms with Crippen molar-refractivity contribution in [2.75, 3.05) is 16.4 Å². The predicted octanol–water partition coefficient (Wildman–Crippen LogP) is 1.43. The van der Waals surface area contributed by atoms with Crippen LogP contribution >= 0.6 is 11.8 Å². The first-order chi connectivity index (χ1) is 12.2. The zero-order chi connectivity index (χ0) is 19.1.